The zero-order valence-corrected chi connectivity index (χ0v) is 15.4. The molecule has 136 valence electrons. The van der Waals surface area contributed by atoms with E-state index in [4.69, 9.17) is 0 Å². The van der Waals surface area contributed by atoms with Crippen molar-refractivity contribution in [1.29, 1.82) is 0 Å². The van der Waals surface area contributed by atoms with Crippen molar-refractivity contribution in [3.8, 4) is 0 Å². The monoisotopic (exact) mass is 343 g/mol. The molecule has 3 rings (SSSR count). The first-order valence-electron chi connectivity index (χ1n) is 9.51. The van der Waals surface area contributed by atoms with Gasteiger partial charge in [0.1, 0.15) is 0 Å². The SMILES string of the molecule is CC(C)C(=O)N(Cc1cccnc1)C1CCCN(C(=O)CC2CC2)C1. The van der Waals surface area contributed by atoms with E-state index < -0.39 is 0 Å². The van der Waals surface area contributed by atoms with Crippen molar-refractivity contribution in [3.63, 3.8) is 0 Å². The quantitative estimate of drug-likeness (QED) is 0.798. The molecule has 2 amide bonds. The topological polar surface area (TPSA) is 53.5 Å². The number of carbonyl (C=O) groups excluding carboxylic acids is 2. The number of aromatic nitrogens is 1. The molecule has 25 heavy (non-hydrogen) atoms. The Hall–Kier alpha value is -1.91. The van der Waals surface area contributed by atoms with Crippen LogP contribution in [0.25, 0.3) is 0 Å². The van der Waals surface area contributed by atoms with E-state index in [2.05, 4.69) is 4.98 Å². The summed E-state index contributed by atoms with van der Waals surface area (Å²) in [5, 5.41) is 0. The van der Waals surface area contributed by atoms with Crippen LogP contribution in [0, 0.1) is 11.8 Å². The van der Waals surface area contributed by atoms with Gasteiger partial charge in [-0.25, -0.2) is 0 Å². The fourth-order valence-electron chi connectivity index (χ4n) is 3.54. The van der Waals surface area contributed by atoms with Crippen LogP contribution in [0.1, 0.15) is 51.5 Å². The van der Waals surface area contributed by atoms with Crippen molar-refractivity contribution in [2.75, 3.05) is 13.1 Å². The van der Waals surface area contributed by atoms with Crippen LogP contribution in [0.15, 0.2) is 24.5 Å². The molecule has 1 aliphatic carbocycles. The Bertz CT molecular complexity index is 598. The first-order chi connectivity index (χ1) is 12.0. The molecular formula is C20H29N3O2. The summed E-state index contributed by atoms with van der Waals surface area (Å²) in [6, 6.07) is 4.01. The van der Waals surface area contributed by atoms with Crippen LogP contribution < -0.4 is 0 Å². The van der Waals surface area contributed by atoms with E-state index in [-0.39, 0.29) is 23.8 Å². The molecule has 1 saturated heterocycles. The highest BCUT2D eigenvalue weighted by Gasteiger charge is 2.33. The van der Waals surface area contributed by atoms with Gasteiger partial charge in [-0.1, -0.05) is 19.9 Å². The highest BCUT2D eigenvalue weighted by Crippen LogP contribution is 2.33. The fourth-order valence-corrected chi connectivity index (χ4v) is 3.54. The van der Waals surface area contributed by atoms with E-state index in [0.717, 1.165) is 24.9 Å². The minimum Gasteiger partial charge on any atom is -0.341 e. The van der Waals surface area contributed by atoms with Crippen LogP contribution in [0.2, 0.25) is 0 Å². The Morgan fingerprint density at radius 1 is 1.32 bits per heavy atom. The molecule has 5 heteroatoms. The smallest absolute Gasteiger partial charge is 0.225 e. The van der Waals surface area contributed by atoms with Crippen molar-refractivity contribution < 1.29 is 9.59 Å². The Morgan fingerprint density at radius 2 is 2.12 bits per heavy atom. The zero-order valence-electron chi connectivity index (χ0n) is 15.4. The first-order valence-corrected chi connectivity index (χ1v) is 9.51. The van der Waals surface area contributed by atoms with Gasteiger partial charge < -0.3 is 9.80 Å². The largest absolute Gasteiger partial charge is 0.341 e. The number of hydrogen-bond acceptors (Lipinski definition) is 3. The van der Waals surface area contributed by atoms with Crippen molar-refractivity contribution >= 4 is 11.8 Å². The maximum absolute atomic E-state index is 12.8. The lowest BCUT2D eigenvalue weighted by Gasteiger charge is -2.40. The predicted octanol–water partition coefficient (Wildman–Crippen LogP) is 2.86. The zero-order chi connectivity index (χ0) is 17.8. The van der Waals surface area contributed by atoms with Crippen LogP contribution in [-0.2, 0) is 16.1 Å². The number of likely N-dealkylation sites (tertiary alicyclic amines) is 1. The normalized spacial score (nSPS) is 20.6. The maximum atomic E-state index is 12.8. The van der Waals surface area contributed by atoms with Gasteiger partial charge in [0.25, 0.3) is 0 Å². The summed E-state index contributed by atoms with van der Waals surface area (Å²) < 4.78 is 0. The van der Waals surface area contributed by atoms with E-state index in [1.54, 1.807) is 6.20 Å². The van der Waals surface area contributed by atoms with Gasteiger partial charge in [-0.3, -0.25) is 14.6 Å². The number of piperidine rings is 1. The average molecular weight is 343 g/mol. The molecule has 0 spiro atoms. The number of hydrogen-bond donors (Lipinski definition) is 0. The molecule has 5 nitrogen and oxygen atoms in total. The Balaban J connectivity index is 1.70. The summed E-state index contributed by atoms with van der Waals surface area (Å²) >= 11 is 0. The molecule has 2 fully saturated rings. The third kappa shape index (κ3) is 4.80. The third-order valence-corrected chi connectivity index (χ3v) is 5.20. The molecule has 1 atom stereocenters. The van der Waals surface area contributed by atoms with Gasteiger partial charge in [0.2, 0.25) is 11.8 Å². The predicted molar refractivity (Wildman–Crippen MR) is 96.6 cm³/mol. The molecule has 0 aromatic carbocycles. The van der Waals surface area contributed by atoms with Crippen molar-refractivity contribution in [2.45, 2.75) is 58.5 Å². The summed E-state index contributed by atoms with van der Waals surface area (Å²) in [5.41, 5.74) is 1.04. The minimum atomic E-state index is -0.0470. The Labute approximate surface area is 150 Å². The van der Waals surface area contributed by atoms with Crippen LogP contribution in [0.4, 0.5) is 0 Å². The third-order valence-electron chi connectivity index (χ3n) is 5.20. The van der Waals surface area contributed by atoms with Gasteiger partial charge in [0, 0.05) is 50.4 Å². The van der Waals surface area contributed by atoms with Crippen LogP contribution in [-0.4, -0.2) is 45.7 Å². The molecule has 2 heterocycles. The van der Waals surface area contributed by atoms with Crippen LogP contribution >= 0.6 is 0 Å². The minimum absolute atomic E-state index is 0.0470. The molecule has 1 aliphatic heterocycles. The molecule has 1 saturated carbocycles. The highest BCUT2D eigenvalue weighted by molar-refractivity contribution is 5.79. The number of pyridine rings is 1. The molecule has 0 radical (unpaired) electrons. The molecule has 0 N–H and O–H groups in total. The first kappa shape index (κ1) is 17.9. The Morgan fingerprint density at radius 3 is 2.76 bits per heavy atom. The molecule has 0 bridgehead atoms. The number of nitrogens with zero attached hydrogens (tertiary/aromatic N) is 3. The molecule has 1 aromatic rings. The second kappa shape index (κ2) is 7.98. The molecule has 2 aliphatic rings. The number of amides is 2. The van der Waals surface area contributed by atoms with Gasteiger partial charge in [-0.2, -0.15) is 0 Å². The average Bonchev–Trinajstić information content (AvgIpc) is 3.44. The molecule has 1 aromatic heterocycles. The highest BCUT2D eigenvalue weighted by atomic mass is 16.2. The summed E-state index contributed by atoms with van der Waals surface area (Å²) in [7, 11) is 0. The number of rotatable bonds is 6. The van der Waals surface area contributed by atoms with E-state index in [1.165, 1.54) is 12.8 Å². The maximum Gasteiger partial charge on any atom is 0.225 e. The second-order valence-corrected chi connectivity index (χ2v) is 7.77. The van der Waals surface area contributed by atoms with Gasteiger partial charge >= 0.3 is 0 Å². The van der Waals surface area contributed by atoms with E-state index in [1.807, 2.05) is 42.0 Å². The molecule has 1 unspecified atom stereocenters. The van der Waals surface area contributed by atoms with E-state index in [0.29, 0.717) is 25.4 Å². The van der Waals surface area contributed by atoms with Gasteiger partial charge in [-0.05, 0) is 43.2 Å². The van der Waals surface area contributed by atoms with Crippen molar-refractivity contribution in [1.82, 2.24) is 14.8 Å². The summed E-state index contributed by atoms with van der Waals surface area (Å²) in [6.07, 6.45) is 8.58. The van der Waals surface area contributed by atoms with E-state index >= 15 is 0 Å². The summed E-state index contributed by atoms with van der Waals surface area (Å²) in [4.78, 5) is 33.4. The fraction of sp³-hybridized carbons (Fsp3) is 0.650. The van der Waals surface area contributed by atoms with Crippen LogP contribution in [0.3, 0.4) is 0 Å². The standard InChI is InChI=1S/C20H29N3O2/c1-15(2)20(25)23(13-17-5-3-9-21-12-17)18-6-4-10-22(14-18)19(24)11-16-7-8-16/h3,5,9,12,15-16,18H,4,6-8,10-11,13-14H2,1-2H3. The van der Waals surface area contributed by atoms with Crippen molar-refractivity contribution in [3.05, 3.63) is 30.1 Å². The second-order valence-electron chi connectivity index (χ2n) is 7.77. The lowest BCUT2D eigenvalue weighted by molar-refractivity contribution is -0.142. The summed E-state index contributed by atoms with van der Waals surface area (Å²) in [6.45, 7) is 5.96. The van der Waals surface area contributed by atoms with Gasteiger partial charge in [0.05, 0.1) is 0 Å². The Kier molecular flexibility index (Phi) is 5.71. The van der Waals surface area contributed by atoms with Gasteiger partial charge in [-0.15, -0.1) is 0 Å². The van der Waals surface area contributed by atoms with Gasteiger partial charge in [0.15, 0.2) is 0 Å². The lowest BCUT2D eigenvalue weighted by Crippen LogP contribution is -2.52. The summed E-state index contributed by atoms with van der Waals surface area (Å²) in [5.74, 6) is 0.988. The molecular weight excluding hydrogens is 314 g/mol. The van der Waals surface area contributed by atoms with Crippen LogP contribution in [0.5, 0.6) is 0 Å². The van der Waals surface area contributed by atoms with E-state index in [9.17, 15) is 9.59 Å². The lowest BCUT2D eigenvalue weighted by atomic mass is 10.0. The van der Waals surface area contributed by atoms with Crippen molar-refractivity contribution in [2.24, 2.45) is 11.8 Å². The number of carbonyl (C=O) groups is 2.